The lowest BCUT2D eigenvalue weighted by molar-refractivity contribution is 0.0967. The van der Waals surface area contributed by atoms with Gasteiger partial charge in [0.2, 0.25) is 0 Å². The summed E-state index contributed by atoms with van der Waals surface area (Å²) in [5.74, 6) is 2.49. The number of hydrogen-bond acceptors (Lipinski definition) is 9. The summed E-state index contributed by atoms with van der Waals surface area (Å²) >= 11 is 0. The van der Waals surface area contributed by atoms with Crippen molar-refractivity contribution in [3.8, 4) is 34.1 Å². The maximum atomic E-state index is 13.2. The molecule has 2 aromatic heterocycles. The quantitative estimate of drug-likeness (QED) is 0.234. The van der Waals surface area contributed by atoms with Crippen LogP contribution in [0.4, 0.5) is 0 Å². The summed E-state index contributed by atoms with van der Waals surface area (Å²) < 4.78 is 33.8. The molecule has 9 heteroatoms. The number of benzene rings is 3. The Morgan fingerprint density at radius 1 is 0.854 bits per heavy atom. The van der Waals surface area contributed by atoms with Crippen molar-refractivity contribution < 1.29 is 27.8 Å². The van der Waals surface area contributed by atoms with E-state index in [4.69, 9.17) is 27.8 Å². The molecular formula is C32H29NO8. The van der Waals surface area contributed by atoms with Crippen molar-refractivity contribution in [1.29, 1.82) is 0 Å². The topological polar surface area (TPSA) is 101 Å². The molecule has 0 atom stereocenters. The van der Waals surface area contributed by atoms with E-state index < -0.39 is 11.3 Å². The summed E-state index contributed by atoms with van der Waals surface area (Å²) in [5.41, 5.74) is 2.19. The maximum Gasteiger partial charge on any atom is 0.344 e. The largest absolute Gasteiger partial charge is 0.493 e. The average molecular weight is 556 g/mol. The first-order valence-electron chi connectivity index (χ1n) is 13.3. The van der Waals surface area contributed by atoms with E-state index in [1.807, 2.05) is 49.4 Å². The van der Waals surface area contributed by atoms with Gasteiger partial charge in [0.25, 0.3) is 0 Å². The lowest BCUT2D eigenvalue weighted by Crippen LogP contribution is -2.33. The Bertz CT molecular complexity index is 1870. The van der Waals surface area contributed by atoms with Gasteiger partial charge in [-0.3, -0.25) is 4.90 Å². The van der Waals surface area contributed by atoms with E-state index in [0.29, 0.717) is 76.9 Å². The smallest absolute Gasteiger partial charge is 0.344 e. The Labute approximate surface area is 235 Å². The first kappa shape index (κ1) is 26.5. The van der Waals surface area contributed by atoms with Gasteiger partial charge in [-0.2, -0.15) is 0 Å². The van der Waals surface area contributed by atoms with E-state index in [1.54, 1.807) is 26.4 Å². The van der Waals surface area contributed by atoms with Gasteiger partial charge in [-0.15, -0.1) is 0 Å². The first-order chi connectivity index (χ1) is 20.0. The minimum absolute atomic E-state index is 0.269. The minimum Gasteiger partial charge on any atom is -0.493 e. The van der Waals surface area contributed by atoms with E-state index >= 15 is 0 Å². The molecule has 0 N–H and O–H groups in total. The minimum atomic E-state index is -0.568. The van der Waals surface area contributed by atoms with Crippen LogP contribution in [0.25, 0.3) is 33.1 Å². The van der Waals surface area contributed by atoms with Crippen LogP contribution >= 0.6 is 0 Å². The van der Waals surface area contributed by atoms with Crippen LogP contribution in [0.1, 0.15) is 18.1 Å². The molecule has 9 nitrogen and oxygen atoms in total. The number of para-hydroxylation sites is 1. The number of methoxy groups -OCH3 is 2. The lowest BCUT2D eigenvalue weighted by atomic mass is 9.99. The van der Waals surface area contributed by atoms with E-state index in [9.17, 15) is 9.59 Å². The Balaban J connectivity index is 1.35. The van der Waals surface area contributed by atoms with E-state index in [1.165, 1.54) is 6.07 Å². The van der Waals surface area contributed by atoms with Crippen LogP contribution in [-0.2, 0) is 13.0 Å². The predicted molar refractivity (Wildman–Crippen MR) is 154 cm³/mol. The highest BCUT2D eigenvalue weighted by Crippen LogP contribution is 2.37. The number of hydrogen-bond donors (Lipinski definition) is 0. The van der Waals surface area contributed by atoms with Crippen molar-refractivity contribution in [2.24, 2.45) is 0 Å². The van der Waals surface area contributed by atoms with Gasteiger partial charge < -0.3 is 27.8 Å². The van der Waals surface area contributed by atoms with Gasteiger partial charge in [0.1, 0.15) is 18.1 Å². The molecule has 5 aromatic rings. The monoisotopic (exact) mass is 555 g/mol. The number of ether oxygens (including phenoxy) is 4. The fraction of sp³-hybridized carbons (Fsp3) is 0.250. The Kier molecular flexibility index (Phi) is 7.11. The van der Waals surface area contributed by atoms with Crippen molar-refractivity contribution in [2.75, 3.05) is 34.1 Å². The van der Waals surface area contributed by atoms with Crippen molar-refractivity contribution in [1.82, 2.24) is 4.90 Å². The molecule has 6 rings (SSSR count). The third kappa shape index (κ3) is 5.00. The second kappa shape index (κ2) is 11.0. The molecule has 41 heavy (non-hydrogen) atoms. The molecule has 0 saturated carbocycles. The molecule has 0 bridgehead atoms. The predicted octanol–water partition coefficient (Wildman–Crippen LogP) is 5.38. The molecule has 0 spiro atoms. The van der Waals surface area contributed by atoms with Crippen LogP contribution in [0, 0.1) is 0 Å². The van der Waals surface area contributed by atoms with Crippen LogP contribution in [0.15, 0.2) is 79.1 Å². The molecule has 1 aliphatic heterocycles. The highest BCUT2D eigenvalue weighted by atomic mass is 16.5. The zero-order valence-electron chi connectivity index (χ0n) is 23.0. The second-order valence-electron chi connectivity index (χ2n) is 9.72. The fourth-order valence-corrected chi connectivity index (χ4v) is 5.24. The van der Waals surface area contributed by atoms with Gasteiger partial charge in [0.15, 0.2) is 22.8 Å². The molecule has 0 fully saturated rings. The summed E-state index contributed by atoms with van der Waals surface area (Å²) in [6.07, 6.45) is 0.751. The van der Waals surface area contributed by atoms with Crippen LogP contribution in [0.2, 0.25) is 0 Å². The van der Waals surface area contributed by atoms with Gasteiger partial charge in [0, 0.05) is 35.5 Å². The summed E-state index contributed by atoms with van der Waals surface area (Å²) in [5, 5.41) is 1.32. The molecule has 0 radical (unpaired) electrons. The third-order valence-electron chi connectivity index (χ3n) is 7.24. The Morgan fingerprint density at radius 3 is 2.51 bits per heavy atom. The molecule has 0 saturated heterocycles. The Hall–Kier alpha value is -4.76. The molecule has 3 aromatic carbocycles. The summed E-state index contributed by atoms with van der Waals surface area (Å²) in [4.78, 5) is 28.1. The van der Waals surface area contributed by atoms with Crippen molar-refractivity contribution in [3.63, 3.8) is 0 Å². The van der Waals surface area contributed by atoms with E-state index in [-0.39, 0.29) is 5.56 Å². The van der Waals surface area contributed by atoms with Crippen LogP contribution in [0.3, 0.4) is 0 Å². The van der Waals surface area contributed by atoms with Gasteiger partial charge >= 0.3 is 11.3 Å². The number of rotatable bonds is 8. The Morgan fingerprint density at radius 2 is 1.71 bits per heavy atom. The fourth-order valence-electron chi connectivity index (χ4n) is 5.24. The normalized spacial score (nSPS) is 13.1. The zero-order valence-corrected chi connectivity index (χ0v) is 23.0. The van der Waals surface area contributed by atoms with Gasteiger partial charge in [0.05, 0.1) is 32.0 Å². The number of fused-ring (bicyclic) bond motifs is 4. The van der Waals surface area contributed by atoms with E-state index in [2.05, 4.69) is 4.90 Å². The van der Waals surface area contributed by atoms with Gasteiger partial charge in [-0.1, -0.05) is 18.2 Å². The van der Waals surface area contributed by atoms with Crippen molar-refractivity contribution in [2.45, 2.75) is 19.9 Å². The van der Waals surface area contributed by atoms with Crippen LogP contribution in [0.5, 0.6) is 23.0 Å². The van der Waals surface area contributed by atoms with Crippen LogP contribution in [-0.4, -0.2) is 39.0 Å². The maximum absolute atomic E-state index is 13.2. The molecule has 0 aliphatic carbocycles. The molecular weight excluding hydrogens is 526 g/mol. The molecule has 3 heterocycles. The molecule has 1 aliphatic rings. The molecule has 0 amide bonds. The summed E-state index contributed by atoms with van der Waals surface area (Å²) in [6.45, 7) is 3.91. The standard InChI is InChI=1S/C32H29NO8/c1-4-38-27-7-5-6-20-15-23(32(35)41-30(20)27)22-16-29(34)40-31-21(22)9-11-25-24(31)17-33(18-39-25)13-12-19-8-10-26(36-2)28(14-19)37-3/h5-11,14-16H,4,12-13,17-18H2,1-3H3. The SMILES string of the molecule is CCOc1cccc2cc(-c3cc(=O)oc4c5c(ccc34)OCN(CCc3ccc(OC)c(OC)c3)C5)c(=O)oc12. The van der Waals surface area contributed by atoms with Gasteiger partial charge in [-0.25, -0.2) is 9.59 Å². The van der Waals surface area contributed by atoms with Crippen molar-refractivity contribution in [3.05, 3.63) is 92.6 Å². The van der Waals surface area contributed by atoms with Gasteiger partial charge in [-0.05, 0) is 55.3 Å². The average Bonchev–Trinajstić information content (AvgIpc) is 2.99. The zero-order chi connectivity index (χ0) is 28.5. The highest BCUT2D eigenvalue weighted by molar-refractivity contribution is 5.97. The van der Waals surface area contributed by atoms with E-state index in [0.717, 1.165) is 17.5 Å². The molecule has 210 valence electrons. The molecule has 0 unspecified atom stereocenters. The summed E-state index contributed by atoms with van der Waals surface area (Å²) in [6, 6.07) is 18.0. The van der Waals surface area contributed by atoms with Crippen molar-refractivity contribution >= 4 is 21.9 Å². The second-order valence-corrected chi connectivity index (χ2v) is 9.72. The highest BCUT2D eigenvalue weighted by Gasteiger charge is 2.24. The summed E-state index contributed by atoms with van der Waals surface area (Å²) in [7, 11) is 3.23. The van der Waals surface area contributed by atoms with Crippen LogP contribution < -0.4 is 30.2 Å². The lowest BCUT2D eigenvalue weighted by Gasteiger charge is -2.29. The first-order valence-corrected chi connectivity index (χ1v) is 13.3. The third-order valence-corrected chi connectivity index (χ3v) is 7.24. The number of nitrogens with zero attached hydrogens (tertiary/aromatic N) is 1.